The summed E-state index contributed by atoms with van der Waals surface area (Å²) in [6.07, 6.45) is 2.40. The largest absolute Gasteiger partial charge is 0.377 e. The van der Waals surface area contributed by atoms with Gasteiger partial charge in [-0.25, -0.2) is 0 Å². The van der Waals surface area contributed by atoms with Crippen molar-refractivity contribution >= 4 is 0 Å². The molecule has 0 aromatic rings. The normalized spacial score (nSPS) is 14.4. The van der Waals surface area contributed by atoms with Crippen LogP contribution in [0.25, 0.3) is 0 Å². The van der Waals surface area contributed by atoms with E-state index in [1.165, 1.54) is 5.57 Å². The first-order chi connectivity index (χ1) is 4.88. The van der Waals surface area contributed by atoms with Gasteiger partial charge in [-0.2, -0.15) is 0 Å². The lowest BCUT2D eigenvalue weighted by atomic mass is 9.88. The Morgan fingerprint density at radius 1 is 1.27 bits per heavy atom. The third-order valence-corrected chi connectivity index (χ3v) is 1.59. The van der Waals surface area contributed by atoms with E-state index in [1.807, 2.05) is 0 Å². The fourth-order valence-electron chi connectivity index (χ4n) is 0.974. The van der Waals surface area contributed by atoms with Crippen LogP contribution in [-0.4, -0.2) is 13.2 Å². The fraction of sp³-hybridized carbons (Fsp3) is 0.800. The van der Waals surface area contributed by atoms with E-state index in [9.17, 15) is 0 Å². The molecule has 0 aromatic heterocycles. The summed E-state index contributed by atoms with van der Waals surface area (Å²) < 4.78 is 5.35. The van der Waals surface area contributed by atoms with Gasteiger partial charge in [-0.3, -0.25) is 0 Å². The van der Waals surface area contributed by atoms with Crippen LogP contribution in [0, 0.1) is 5.41 Å². The predicted molar refractivity (Wildman–Crippen MR) is 49.7 cm³/mol. The lowest BCUT2D eigenvalue weighted by Crippen LogP contribution is -2.26. The van der Waals surface area contributed by atoms with Gasteiger partial charge in [-0.05, 0) is 19.3 Å². The topological polar surface area (TPSA) is 9.23 Å². The Kier molecular flexibility index (Phi) is 3.81. The van der Waals surface area contributed by atoms with Crippen LogP contribution in [0.15, 0.2) is 11.6 Å². The van der Waals surface area contributed by atoms with Crippen molar-refractivity contribution in [3.63, 3.8) is 0 Å². The molecule has 0 spiro atoms. The molecule has 11 heavy (non-hydrogen) atoms. The zero-order chi connectivity index (χ0) is 9.07. The minimum atomic E-state index is 0.200. The number of allylic oxidation sites excluding steroid dienone is 1. The summed E-state index contributed by atoms with van der Waals surface area (Å²) >= 11 is 0. The van der Waals surface area contributed by atoms with Crippen molar-refractivity contribution in [3.05, 3.63) is 11.6 Å². The molecular formula is C10H20O. The number of rotatable bonds is 2. The lowest BCUT2D eigenvalue weighted by molar-refractivity contribution is 0.0529. The highest BCUT2D eigenvalue weighted by Crippen LogP contribution is 2.23. The maximum atomic E-state index is 5.35. The number of methoxy groups -OCH3 is 1. The summed E-state index contributed by atoms with van der Waals surface area (Å²) in [5.41, 5.74) is 1.51. The van der Waals surface area contributed by atoms with Gasteiger partial charge in [-0.1, -0.05) is 32.4 Å². The highest BCUT2D eigenvalue weighted by Gasteiger charge is 2.21. The molecule has 66 valence electrons. The Bertz CT molecular complexity index is 135. The van der Waals surface area contributed by atoms with E-state index in [0.717, 1.165) is 0 Å². The SMILES string of the molecule is COC(C=C(C)C)C(C)(C)C. The third kappa shape index (κ3) is 4.20. The molecule has 0 rings (SSSR count). The molecule has 0 aromatic carbocycles. The average Bonchev–Trinajstić information content (AvgIpc) is 1.79. The van der Waals surface area contributed by atoms with Crippen LogP contribution in [0.1, 0.15) is 34.6 Å². The van der Waals surface area contributed by atoms with Crippen molar-refractivity contribution in [1.29, 1.82) is 0 Å². The molecule has 0 aliphatic carbocycles. The molecule has 0 heterocycles. The van der Waals surface area contributed by atoms with Crippen LogP contribution in [0.2, 0.25) is 0 Å². The first-order valence-electron chi connectivity index (χ1n) is 4.05. The first-order valence-corrected chi connectivity index (χ1v) is 4.05. The van der Waals surface area contributed by atoms with E-state index >= 15 is 0 Å². The number of hydrogen-bond acceptors (Lipinski definition) is 1. The lowest BCUT2D eigenvalue weighted by Gasteiger charge is -2.27. The second-order valence-electron chi connectivity index (χ2n) is 4.27. The summed E-state index contributed by atoms with van der Waals surface area (Å²) in [4.78, 5) is 0. The van der Waals surface area contributed by atoms with Crippen LogP contribution in [0.3, 0.4) is 0 Å². The minimum absolute atomic E-state index is 0.200. The molecular weight excluding hydrogens is 136 g/mol. The Balaban J connectivity index is 4.31. The van der Waals surface area contributed by atoms with Crippen LogP contribution in [-0.2, 0) is 4.74 Å². The molecule has 0 aliphatic heterocycles. The highest BCUT2D eigenvalue weighted by atomic mass is 16.5. The van der Waals surface area contributed by atoms with Gasteiger partial charge >= 0.3 is 0 Å². The van der Waals surface area contributed by atoms with Crippen molar-refractivity contribution in [3.8, 4) is 0 Å². The summed E-state index contributed by atoms with van der Waals surface area (Å²) in [5, 5.41) is 0. The molecule has 0 saturated heterocycles. The van der Waals surface area contributed by atoms with Gasteiger partial charge < -0.3 is 4.74 Å². The van der Waals surface area contributed by atoms with Gasteiger partial charge in [0.2, 0.25) is 0 Å². The number of hydrogen-bond donors (Lipinski definition) is 0. The van der Waals surface area contributed by atoms with Crippen molar-refractivity contribution < 1.29 is 4.74 Å². The minimum Gasteiger partial charge on any atom is -0.377 e. The predicted octanol–water partition coefficient (Wildman–Crippen LogP) is 3.01. The van der Waals surface area contributed by atoms with Crippen LogP contribution < -0.4 is 0 Å². The van der Waals surface area contributed by atoms with E-state index in [0.29, 0.717) is 0 Å². The van der Waals surface area contributed by atoms with Crippen molar-refractivity contribution in [2.24, 2.45) is 5.41 Å². The quantitative estimate of drug-likeness (QED) is 0.558. The van der Waals surface area contributed by atoms with Gasteiger partial charge in [0.1, 0.15) is 0 Å². The van der Waals surface area contributed by atoms with Gasteiger partial charge in [-0.15, -0.1) is 0 Å². The van der Waals surface area contributed by atoms with Gasteiger partial charge in [0, 0.05) is 7.11 Å². The van der Waals surface area contributed by atoms with Crippen molar-refractivity contribution in [1.82, 2.24) is 0 Å². The van der Waals surface area contributed by atoms with Crippen LogP contribution >= 0.6 is 0 Å². The Morgan fingerprint density at radius 2 is 1.73 bits per heavy atom. The Labute approximate surface area is 70.4 Å². The Hall–Kier alpha value is -0.300. The van der Waals surface area contributed by atoms with E-state index in [2.05, 4.69) is 40.7 Å². The molecule has 0 fully saturated rings. The summed E-state index contributed by atoms with van der Waals surface area (Å²) in [7, 11) is 1.76. The van der Waals surface area contributed by atoms with E-state index in [-0.39, 0.29) is 11.5 Å². The molecule has 0 N–H and O–H groups in total. The molecule has 1 nitrogen and oxygen atoms in total. The summed E-state index contributed by atoms with van der Waals surface area (Å²) in [6.45, 7) is 10.7. The molecule has 0 aliphatic rings. The van der Waals surface area contributed by atoms with Gasteiger partial charge in [0.25, 0.3) is 0 Å². The maximum Gasteiger partial charge on any atom is 0.0802 e. The molecule has 0 bridgehead atoms. The second kappa shape index (κ2) is 3.91. The molecule has 0 radical (unpaired) electrons. The first kappa shape index (κ1) is 10.7. The number of ether oxygens (including phenoxy) is 1. The molecule has 0 saturated carbocycles. The summed E-state index contributed by atoms with van der Waals surface area (Å²) in [6, 6.07) is 0. The van der Waals surface area contributed by atoms with Crippen LogP contribution in [0.5, 0.6) is 0 Å². The highest BCUT2D eigenvalue weighted by molar-refractivity contribution is 5.02. The Morgan fingerprint density at radius 3 is 1.82 bits per heavy atom. The third-order valence-electron chi connectivity index (χ3n) is 1.59. The standard InChI is InChI=1S/C10H20O/c1-8(2)7-9(11-6)10(3,4)5/h7,9H,1-6H3. The summed E-state index contributed by atoms with van der Waals surface area (Å²) in [5.74, 6) is 0. The fourth-order valence-corrected chi connectivity index (χ4v) is 0.974. The zero-order valence-electron chi connectivity index (χ0n) is 8.56. The van der Waals surface area contributed by atoms with E-state index in [1.54, 1.807) is 7.11 Å². The molecule has 1 atom stereocenters. The van der Waals surface area contributed by atoms with Gasteiger partial charge in [0.05, 0.1) is 6.10 Å². The van der Waals surface area contributed by atoms with Crippen molar-refractivity contribution in [2.45, 2.75) is 40.7 Å². The monoisotopic (exact) mass is 156 g/mol. The van der Waals surface area contributed by atoms with Crippen molar-refractivity contribution in [2.75, 3.05) is 7.11 Å². The molecule has 1 unspecified atom stereocenters. The molecule has 0 amide bonds. The van der Waals surface area contributed by atoms with Gasteiger partial charge in [0.15, 0.2) is 0 Å². The van der Waals surface area contributed by atoms with E-state index < -0.39 is 0 Å². The van der Waals surface area contributed by atoms with E-state index in [4.69, 9.17) is 4.74 Å². The van der Waals surface area contributed by atoms with Crippen LogP contribution in [0.4, 0.5) is 0 Å². The smallest absolute Gasteiger partial charge is 0.0802 e. The maximum absolute atomic E-state index is 5.35. The molecule has 1 heteroatoms. The average molecular weight is 156 g/mol. The zero-order valence-corrected chi connectivity index (χ0v) is 8.56. The second-order valence-corrected chi connectivity index (χ2v) is 4.27.